The molecule has 0 aliphatic carbocycles. The van der Waals surface area contributed by atoms with Crippen molar-refractivity contribution in [2.45, 2.75) is 25.9 Å². The number of hydrogen-bond acceptors (Lipinski definition) is 3. The molecule has 1 aromatic rings. The Labute approximate surface area is 82.9 Å². The number of aliphatic hydroxyl groups is 1. The fourth-order valence-corrected chi connectivity index (χ4v) is 1.17. The first-order chi connectivity index (χ1) is 6.49. The predicted octanol–water partition coefficient (Wildman–Crippen LogP) is 0.709. The van der Waals surface area contributed by atoms with Crippen LogP contribution in [0.15, 0.2) is 22.8 Å². The van der Waals surface area contributed by atoms with Crippen LogP contribution in [0.5, 0.6) is 0 Å². The van der Waals surface area contributed by atoms with Gasteiger partial charge in [0.05, 0.1) is 11.9 Å². The lowest BCUT2D eigenvalue weighted by Crippen LogP contribution is -2.41. The van der Waals surface area contributed by atoms with Crippen molar-refractivity contribution in [2.75, 3.05) is 6.54 Å². The highest BCUT2D eigenvalue weighted by atomic mass is 16.3. The molecule has 0 aliphatic heterocycles. The molecule has 1 rings (SSSR count). The summed E-state index contributed by atoms with van der Waals surface area (Å²) in [6, 6.07) is 3.56. The van der Waals surface area contributed by atoms with E-state index in [1.165, 1.54) is 6.92 Å². The molecule has 0 radical (unpaired) electrons. The normalized spacial score (nSPS) is 14.8. The minimum absolute atomic E-state index is 0.148. The largest absolute Gasteiger partial charge is 0.469 e. The van der Waals surface area contributed by atoms with Crippen molar-refractivity contribution >= 4 is 5.91 Å². The molecule has 0 aromatic carbocycles. The number of amides is 1. The number of carbonyl (C=O) groups excluding carboxylic acids is 1. The third-order valence-electron chi connectivity index (χ3n) is 1.85. The van der Waals surface area contributed by atoms with Crippen LogP contribution in [0.25, 0.3) is 0 Å². The van der Waals surface area contributed by atoms with E-state index in [1.54, 1.807) is 25.3 Å². The zero-order valence-corrected chi connectivity index (χ0v) is 8.41. The van der Waals surface area contributed by atoms with Gasteiger partial charge in [-0.05, 0) is 19.1 Å². The smallest absolute Gasteiger partial charge is 0.216 e. The quantitative estimate of drug-likeness (QED) is 0.747. The van der Waals surface area contributed by atoms with Crippen molar-refractivity contribution in [1.82, 2.24) is 5.32 Å². The van der Waals surface area contributed by atoms with Gasteiger partial charge >= 0.3 is 0 Å². The topological polar surface area (TPSA) is 62.5 Å². The van der Waals surface area contributed by atoms with Crippen molar-refractivity contribution in [3.8, 4) is 0 Å². The minimum Gasteiger partial charge on any atom is -0.469 e. The van der Waals surface area contributed by atoms with Gasteiger partial charge in [0.2, 0.25) is 5.91 Å². The number of hydrogen-bond donors (Lipinski definition) is 2. The maximum absolute atomic E-state index is 10.6. The van der Waals surface area contributed by atoms with E-state index in [0.29, 0.717) is 12.2 Å². The summed E-state index contributed by atoms with van der Waals surface area (Å²) in [6.07, 6.45) is 1.95. The van der Waals surface area contributed by atoms with Crippen LogP contribution in [0.1, 0.15) is 19.6 Å². The summed E-state index contributed by atoms with van der Waals surface area (Å²) >= 11 is 0. The van der Waals surface area contributed by atoms with E-state index in [9.17, 15) is 9.90 Å². The van der Waals surface area contributed by atoms with Gasteiger partial charge in [0, 0.05) is 19.9 Å². The van der Waals surface area contributed by atoms with Gasteiger partial charge < -0.3 is 14.8 Å². The van der Waals surface area contributed by atoms with Gasteiger partial charge in [-0.2, -0.15) is 0 Å². The highest BCUT2D eigenvalue weighted by molar-refractivity contribution is 5.72. The molecule has 4 heteroatoms. The van der Waals surface area contributed by atoms with E-state index in [1.807, 2.05) is 0 Å². The Morgan fingerprint density at radius 3 is 2.93 bits per heavy atom. The Bertz CT molecular complexity index is 290. The van der Waals surface area contributed by atoms with Crippen molar-refractivity contribution in [1.29, 1.82) is 0 Å². The van der Waals surface area contributed by atoms with Gasteiger partial charge in [-0.25, -0.2) is 0 Å². The second-order valence-electron chi connectivity index (χ2n) is 3.66. The molecule has 14 heavy (non-hydrogen) atoms. The van der Waals surface area contributed by atoms with Crippen molar-refractivity contribution < 1.29 is 14.3 Å². The van der Waals surface area contributed by atoms with Crippen LogP contribution >= 0.6 is 0 Å². The van der Waals surface area contributed by atoms with Crippen molar-refractivity contribution in [3.05, 3.63) is 24.2 Å². The SMILES string of the molecule is CC(=O)NC[C@](C)(O)Cc1ccco1. The van der Waals surface area contributed by atoms with Gasteiger partial charge in [-0.3, -0.25) is 4.79 Å². The van der Waals surface area contributed by atoms with E-state index < -0.39 is 5.60 Å². The van der Waals surface area contributed by atoms with Gasteiger partial charge in [-0.1, -0.05) is 0 Å². The molecule has 1 heterocycles. The maximum Gasteiger partial charge on any atom is 0.216 e. The zero-order valence-electron chi connectivity index (χ0n) is 8.41. The number of nitrogens with one attached hydrogen (secondary N) is 1. The van der Waals surface area contributed by atoms with Crippen LogP contribution in [0.4, 0.5) is 0 Å². The first-order valence-electron chi connectivity index (χ1n) is 4.49. The molecule has 0 spiro atoms. The van der Waals surface area contributed by atoms with Gasteiger partial charge in [0.15, 0.2) is 0 Å². The van der Waals surface area contributed by atoms with Gasteiger partial charge in [0.25, 0.3) is 0 Å². The van der Waals surface area contributed by atoms with E-state index in [2.05, 4.69) is 5.32 Å². The van der Waals surface area contributed by atoms with Crippen LogP contribution in [-0.2, 0) is 11.2 Å². The van der Waals surface area contributed by atoms with Crippen molar-refractivity contribution in [3.63, 3.8) is 0 Å². The summed E-state index contributed by atoms with van der Waals surface area (Å²) in [5, 5.41) is 12.4. The molecule has 78 valence electrons. The molecule has 0 saturated heterocycles. The predicted molar refractivity (Wildman–Crippen MR) is 51.7 cm³/mol. The summed E-state index contributed by atoms with van der Waals surface area (Å²) in [4.78, 5) is 10.6. The molecule has 2 N–H and O–H groups in total. The molecule has 0 saturated carbocycles. The third kappa shape index (κ3) is 3.62. The Balaban J connectivity index is 2.45. The van der Waals surface area contributed by atoms with Crippen LogP contribution < -0.4 is 5.32 Å². The zero-order chi connectivity index (χ0) is 10.6. The first-order valence-corrected chi connectivity index (χ1v) is 4.49. The van der Waals surface area contributed by atoms with E-state index in [0.717, 1.165) is 0 Å². The Morgan fingerprint density at radius 2 is 2.43 bits per heavy atom. The van der Waals surface area contributed by atoms with E-state index in [-0.39, 0.29) is 12.5 Å². The standard InChI is InChI=1S/C10H15NO3/c1-8(12)11-7-10(2,13)6-9-4-3-5-14-9/h3-5,13H,6-7H2,1-2H3,(H,11,12)/t10-/m1/s1. The van der Waals surface area contributed by atoms with E-state index >= 15 is 0 Å². The fraction of sp³-hybridized carbons (Fsp3) is 0.500. The third-order valence-corrected chi connectivity index (χ3v) is 1.85. The molecule has 1 atom stereocenters. The highest BCUT2D eigenvalue weighted by Gasteiger charge is 2.22. The molecule has 0 bridgehead atoms. The average molecular weight is 197 g/mol. The molecule has 0 unspecified atom stereocenters. The molecule has 1 aromatic heterocycles. The Morgan fingerprint density at radius 1 is 1.71 bits per heavy atom. The Hall–Kier alpha value is -1.29. The highest BCUT2D eigenvalue weighted by Crippen LogP contribution is 2.12. The second-order valence-corrected chi connectivity index (χ2v) is 3.66. The molecular formula is C10H15NO3. The van der Waals surface area contributed by atoms with Crippen LogP contribution in [0.3, 0.4) is 0 Å². The van der Waals surface area contributed by atoms with Gasteiger partial charge in [0.1, 0.15) is 5.76 Å². The summed E-state index contributed by atoms with van der Waals surface area (Å²) in [7, 11) is 0. The van der Waals surface area contributed by atoms with Crippen LogP contribution in [-0.4, -0.2) is 23.2 Å². The van der Waals surface area contributed by atoms with Crippen LogP contribution in [0.2, 0.25) is 0 Å². The summed E-state index contributed by atoms with van der Waals surface area (Å²) in [5.74, 6) is 0.560. The molecule has 4 nitrogen and oxygen atoms in total. The summed E-state index contributed by atoms with van der Waals surface area (Å²) < 4.78 is 5.10. The number of carbonyl (C=O) groups is 1. The second kappa shape index (κ2) is 4.28. The average Bonchev–Trinajstić information content (AvgIpc) is 2.53. The van der Waals surface area contributed by atoms with Crippen molar-refractivity contribution in [2.24, 2.45) is 0 Å². The Kier molecular flexibility index (Phi) is 3.30. The molecular weight excluding hydrogens is 182 g/mol. The lowest BCUT2D eigenvalue weighted by Gasteiger charge is -2.21. The number of furan rings is 1. The monoisotopic (exact) mass is 197 g/mol. The van der Waals surface area contributed by atoms with Crippen LogP contribution in [0, 0.1) is 0 Å². The number of rotatable bonds is 4. The molecule has 1 amide bonds. The first kappa shape index (κ1) is 10.8. The van der Waals surface area contributed by atoms with E-state index in [4.69, 9.17) is 4.42 Å². The van der Waals surface area contributed by atoms with Gasteiger partial charge in [-0.15, -0.1) is 0 Å². The summed E-state index contributed by atoms with van der Waals surface area (Å²) in [6.45, 7) is 3.30. The molecule has 0 fully saturated rings. The maximum atomic E-state index is 10.6. The molecule has 0 aliphatic rings. The summed E-state index contributed by atoms with van der Waals surface area (Å²) in [5.41, 5.74) is -0.969. The lowest BCUT2D eigenvalue weighted by molar-refractivity contribution is -0.120. The minimum atomic E-state index is -0.969. The fourth-order valence-electron chi connectivity index (χ4n) is 1.17. The lowest BCUT2D eigenvalue weighted by atomic mass is 10.0.